The number of aromatic nitrogens is 1. The van der Waals surface area contributed by atoms with E-state index in [1.165, 1.54) is 0 Å². The van der Waals surface area contributed by atoms with E-state index in [-0.39, 0.29) is 0 Å². The minimum absolute atomic E-state index is 0.586. The first-order chi connectivity index (χ1) is 8.29. The maximum atomic E-state index is 5.73. The van der Waals surface area contributed by atoms with Crippen molar-refractivity contribution < 1.29 is 4.74 Å². The fourth-order valence-corrected chi connectivity index (χ4v) is 1.74. The second kappa shape index (κ2) is 5.80. The number of pyridine rings is 1. The molecule has 0 radical (unpaired) electrons. The number of halogens is 1. The normalized spacial score (nSPS) is 10.2. The highest BCUT2D eigenvalue weighted by molar-refractivity contribution is 9.10. The second-order valence-corrected chi connectivity index (χ2v) is 4.48. The molecule has 1 aromatic heterocycles. The van der Waals surface area contributed by atoms with Crippen molar-refractivity contribution in [1.82, 2.24) is 4.98 Å². The predicted octanol–water partition coefficient (Wildman–Crippen LogP) is 3.14. The van der Waals surface area contributed by atoms with Crippen LogP contribution < -0.4 is 10.5 Å². The van der Waals surface area contributed by atoms with Crippen molar-refractivity contribution in [3.63, 3.8) is 0 Å². The van der Waals surface area contributed by atoms with E-state index in [9.17, 15) is 0 Å². The summed E-state index contributed by atoms with van der Waals surface area (Å²) in [5.74, 6) is 1.39. The van der Waals surface area contributed by atoms with Crippen LogP contribution in [0.1, 0.15) is 5.56 Å². The summed E-state index contributed by atoms with van der Waals surface area (Å²) in [7, 11) is 0. The van der Waals surface area contributed by atoms with E-state index in [0.29, 0.717) is 12.4 Å². The first-order valence-corrected chi connectivity index (χ1v) is 6.16. The SMILES string of the molecule is NCCc1cccnc1Oc1ccc(Br)cc1. The zero-order chi connectivity index (χ0) is 12.1. The molecule has 2 rings (SSSR count). The average Bonchev–Trinajstić information content (AvgIpc) is 2.35. The third kappa shape index (κ3) is 3.28. The first-order valence-electron chi connectivity index (χ1n) is 5.37. The summed E-state index contributed by atoms with van der Waals surface area (Å²) in [6.45, 7) is 0.586. The van der Waals surface area contributed by atoms with Crippen molar-refractivity contribution in [3.8, 4) is 11.6 Å². The van der Waals surface area contributed by atoms with Gasteiger partial charge in [0.1, 0.15) is 5.75 Å². The van der Waals surface area contributed by atoms with Gasteiger partial charge in [-0.3, -0.25) is 0 Å². The molecule has 1 heterocycles. The molecule has 0 spiro atoms. The van der Waals surface area contributed by atoms with Gasteiger partial charge in [0.15, 0.2) is 0 Å². The van der Waals surface area contributed by atoms with Gasteiger partial charge in [0.2, 0.25) is 5.88 Å². The van der Waals surface area contributed by atoms with Crippen LogP contribution in [0.4, 0.5) is 0 Å². The molecule has 4 heteroatoms. The number of nitrogens with zero attached hydrogens (tertiary/aromatic N) is 1. The molecular weight excluding hydrogens is 280 g/mol. The molecule has 0 saturated heterocycles. The minimum atomic E-state index is 0.586. The number of benzene rings is 1. The summed E-state index contributed by atoms with van der Waals surface area (Å²) in [6.07, 6.45) is 2.48. The molecule has 0 unspecified atom stereocenters. The quantitative estimate of drug-likeness (QED) is 0.942. The third-order valence-corrected chi connectivity index (χ3v) is 2.82. The maximum Gasteiger partial charge on any atom is 0.222 e. The lowest BCUT2D eigenvalue weighted by molar-refractivity contribution is 0.456. The third-order valence-electron chi connectivity index (χ3n) is 2.29. The van der Waals surface area contributed by atoms with Crippen LogP contribution in [0, 0.1) is 0 Å². The molecule has 1 aromatic carbocycles. The molecule has 0 fully saturated rings. The summed E-state index contributed by atoms with van der Waals surface area (Å²) in [5, 5.41) is 0. The molecule has 2 aromatic rings. The van der Waals surface area contributed by atoms with Crippen LogP contribution in [0.25, 0.3) is 0 Å². The summed E-state index contributed by atoms with van der Waals surface area (Å²) in [5.41, 5.74) is 6.58. The van der Waals surface area contributed by atoms with E-state index in [1.54, 1.807) is 6.20 Å². The van der Waals surface area contributed by atoms with E-state index in [1.807, 2.05) is 36.4 Å². The second-order valence-electron chi connectivity index (χ2n) is 3.56. The van der Waals surface area contributed by atoms with Crippen LogP contribution in [0.5, 0.6) is 11.6 Å². The number of ether oxygens (including phenoxy) is 1. The highest BCUT2D eigenvalue weighted by Gasteiger charge is 2.04. The number of hydrogen-bond acceptors (Lipinski definition) is 3. The van der Waals surface area contributed by atoms with Crippen molar-refractivity contribution in [3.05, 3.63) is 52.6 Å². The Morgan fingerprint density at radius 1 is 1.18 bits per heavy atom. The molecule has 0 aliphatic carbocycles. The maximum absolute atomic E-state index is 5.73. The Morgan fingerprint density at radius 2 is 1.94 bits per heavy atom. The monoisotopic (exact) mass is 292 g/mol. The Kier molecular flexibility index (Phi) is 4.12. The molecule has 0 amide bonds. The number of rotatable bonds is 4. The molecule has 3 nitrogen and oxygen atoms in total. The Bertz CT molecular complexity index is 485. The van der Waals surface area contributed by atoms with Crippen LogP contribution in [-0.4, -0.2) is 11.5 Å². The van der Waals surface area contributed by atoms with Crippen molar-refractivity contribution in [2.75, 3.05) is 6.54 Å². The average molecular weight is 293 g/mol. The fourth-order valence-electron chi connectivity index (χ4n) is 1.48. The highest BCUT2D eigenvalue weighted by Crippen LogP contribution is 2.24. The van der Waals surface area contributed by atoms with Gasteiger partial charge in [-0.25, -0.2) is 4.98 Å². The van der Waals surface area contributed by atoms with Gasteiger partial charge in [-0.1, -0.05) is 22.0 Å². The zero-order valence-electron chi connectivity index (χ0n) is 9.27. The molecular formula is C13H13BrN2O. The van der Waals surface area contributed by atoms with E-state index < -0.39 is 0 Å². The van der Waals surface area contributed by atoms with Gasteiger partial charge in [-0.15, -0.1) is 0 Å². The highest BCUT2D eigenvalue weighted by atomic mass is 79.9. The molecule has 0 bridgehead atoms. The van der Waals surface area contributed by atoms with Crippen LogP contribution in [0.2, 0.25) is 0 Å². The molecule has 0 aliphatic heterocycles. The Hall–Kier alpha value is -1.39. The van der Waals surface area contributed by atoms with Crippen molar-refractivity contribution in [2.24, 2.45) is 5.73 Å². The van der Waals surface area contributed by atoms with Crippen molar-refractivity contribution >= 4 is 15.9 Å². The van der Waals surface area contributed by atoms with E-state index in [0.717, 1.165) is 22.2 Å². The lowest BCUT2D eigenvalue weighted by Crippen LogP contribution is -2.04. The minimum Gasteiger partial charge on any atom is -0.439 e. The smallest absolute Gasteiger partial charge is 0.222 e. The lowest BCUT2D eigenvalue weighted by atomic mass is 10.2. The summed E-state index contributed by atoms with van der Waals surface area (Å²) >= 11 is 3.38. The number of hydrogen-bond donors (Lipinski definition) is 1. The first kappa shape index (κ1) is 12.1. The summed E-state index contributed by atoms with van der Waals surface area (Å²) in [6, 6.07) is 11.5. The van der Waals surface area contributed by atoms with Crippen LogP contribution in [-0.2, 0) is 6.42 Å². The predicted molar refractivity (Wildman–Crippen MR) is 71.2 cm³/mol. The van der Waals surface area contributed by atoms with E-state index in [2.05, 4.69) is 20.9 Å². The van der Waals surface area contributed by atoms with Gasteiger partial charge in [0.25, 0.3) is 0 Å². The number of nitrogens with two attached hydrogens (primary N) is 1. The van der Waals surface area contributed by atoms with Gasteiger partial charge in [0, 0.05) is 16.2 Å². The fraction of sp³-hybridized carbons (Fsp3) is 0.154. The van der Waals surface area contributed by atoms with Crippen LogP contribution in [0.3, 0.4) is 0 Å². The lowest BCUT2D eigenvalue weighted by Gasteiger charge is -2.08. The van der Waals surface area contributed by atoms with E-state index in [4.69, 9.17) is 10.5 Å². The van der Waals surface area contributed by atoms with Gasteiger partial charge in [0.05, 0.1) is 0 Å². The van der Waals surface area contributed by atoms with Gasteiger partial charge in [-0.05, 0) is 43.3 Å². The van der Waals surface area contributed by atoms with Crippen LogP contribution in [0.15, 0.2) is 47.1 Å². The standard InChI is InChI=1S/C13H13BrN2O/c14-11-3-5-12(6-4-11)17-13-10(7-8-15)2-1-9-16-13/h1-6,9H,7-8,15H2. The van der Waals surface area contributed by atoms with Crippen molar-refractivity contribution in [2.45, 2.75) is 6.42 Å². The van der Waals surface area contributed by atoms with Gasteiger partial charge >= 0.3 is 0 Å². The van der Waals surface area contributed by atoms with Gasteiger partial charge in [-0.2, -0.15) is 0 Å². The summed E-state index contributed by atoms with van der Waals surface area (Å²) in [4.78, 5) is 4.23. The molecule has 0 saturated carbocycles. The Balaban J connectivity index is 2.20. The molecule has 17 heavy (non-hydrogen) atoms. The van der Waals surface area contributed by atoms with E-state index >= 15 is 0 Å². The topological polar surface area (TPSA) is 48.1 Å². The largest absolute Gasteiger partial charge is 0.439 e. The summed E-state index contributed by atoms with van der Waals surface area (Å²) < 4.78 is 6.75. The molecule has 0 aliphatic rings. The van der Waals surface area contributed by atoms with Crippen LogP contribution >= 0.6 is 15.9 Å². The Labute approximate surface area is 109 Å². The Morgan fingerprint density at radius 3 is 2.65 bits per heavy atom. The molecule has 2 N–H and O–H groups in total. The van der Waals surface area contributed by atoms with Gasteiger partial charge < -0.3 is 10.5 Å². The van der Waals surface area contributed by atoms with Crippen molar-refractivity contribution in [1.29, 1.82) is 0 Å². The zero-order valence-corrected chi connectivity index (χ0v) is 10.9. The molecule has 88 valence electrons. The molecule has 0 atom stereocenters.